The Morgan fingerprint density at radius 3 is 2.78 bits per heavy atom. The monoisotopic (exact) mass is 371 g/mol. The molecule has 0 radical (unpaired) electrons. The smallest absolute Gasteiger partial charge is 0.437 e. The topological polar surface area (TPSA) is 128 Å². The molecule has 0 saturated carbocycles. The lowest BCUT2D eigenvalue weighted by Crippen LogP contribution is -2.31. The van der Waals surface area contributed by atoms with E-state index < -0.39 is 24.5 Å². The summed E-state index contributed by atoms with van der Waals surface area (Å²) < 4.78 is 11.1. The molecule has 1 aliphatic rings. The molecule has 1 aromatic heterocycles. The second-order valence-electron chi connectivity index (χ2n) is 7.21. The highest BCUT2D eigenvalue weighted by atomic mass is 16.5. The van der Waals surface area contributed by atoms with Crippen LogP contribution >= 0.6 is 0 Å². The largest absolute Gasteiger partial charge is 0.492 e. The van der Waals surface area contributed by atoms with Crippen molar-refractivity contribution in [1.82, 2.24) is 9.97 Å². The minimum Gasteiger partial charge on any atom is -0.437 e. The van der Waals surface area contributed by atoms with Gasteiger partial charge in [0.2, 0.25) is 5.88 Å². The Labute approximate surface area is 157 Å². The summed E-state index contributed by atoms with van der Waals surface area (Å²) in [5.74, 6) is -0.592. The third-order valence-electron chi connectivity index (χ3n) is 4.89. The van der Waals surface area contributed by atoms with Gasteiger partial charge in [0.25, 0.3) is 5.91 Å². The molecule has 2 heterocycles. The zero-order chi connectivity index (χ0) is 19.9. The number of amides is 1. The summed E-state index contributed by atoms with van der Waals surface area (Å²) in [7, 11) is -0.988. The van der Waals surface area contributed by atoms with Crippen molar-refractivity contribution in [3.05, 3.63) is 40.8 Å². The van der Waals surface area contributed by atoms with Crippen LogP contribution in [-0.2, 0) is 11.3 Å². The molecule has 0 spiro atoms. The van der Waals surface area contributed by atoms with Gasteiger partial charge in [-0.25, -0.2) is 9.97 Å². The molecule has 3 rings (SSSR count). The Kier molecular flexibility index (Phi) is 4.94. The lowest BCUT2D eigenvalue weighted by Gasteiger charge is -2.26. The molecule has 8 nitrogen and oxygen atoms in total. The summed E-state index contributed by atoms with van der Waals surface area (Å²) >= 11 is 0. The number of carbonyl (C=O) groups excluding carboxylic acids is 1. The second-order valence-corrected chi connectivity index (χ2v) is 7.21. The van der Waals surface area contributed by atoms with E-state index in [1.54, 1.807) is 26.8 Å². The van der Waals surface area contributed by atoms with E-state index >= 15 is 0 Å². The van der Waals surface area contributed by atoms with Gasteiger partial charge in [-0.05, 0) is 43.4 Å². The van der Waals surface area contributed by atoms with E-state index in [-0.39, 0.29) is 17.3 Å². The van der Waals surface area contributed by atoms with Crippen LogP contribution in [0.3, 0.4) is 0 Å². The van der Waals surface area contributed by atoms with E-state index in [0.29, 0.717) is 17.8 Å². The predicted molar refractivity (Wildman–Crippen MR) is 98.9 cm³/mol. The van der Waals surface area contributed by atoms with Gasteiger partial charge in [0.05, 0.1) is 24.1 Å². The number of aromatic nitrogens is 2. The molecule has 1 amide bonds. The van der Waals surface area contributed by atoms with Crippen LogP contribution in [0.15, 0.2) is 18.3 Å². The minimum absolute atomic E-state index is 0.00790. The van der Waals surface area contributed by atoms with Crippen molar-refractivity contribution in [2.24, 2.45) is 5.73 Å². The van der Waals surface area contributed by atoms with Crippen LogP contribution in [0, 0.1) is 6.92 Å². The fourth-order valence-electron chi connectivity index (χ4n) is 2.97. The van der Waals surface area contributed by atoms with Crippen molar-refractivity contribution < 1.29 is 24.3 Å². The number of ether oxygens (including phenoxy) is 1. The van der Waals surface area contributed by atoms with Crippen molar-refractivity contribution in [2.75, 3.05) is 0 Å². The molecule has 27 heavy (non-hydrogen) atoms. The summed E-state index contributed by atoms with van der Waals surface area (Å²) in [6, 6.07) is 3.58. The van der Waals surface area contributed by atoms with Crippen LogP contribution in [-0.4, -0.2) is 38.7 Å². The summed E-state index contributed by atoms with van der Waals surface area (Å²) in [6.45, 7) is 7.12. The van der Waals surface area contributed by atoms with Crippen LogP contribution in [0.1, 0.15) is 54.0 Å². The van der Waals surface area contributed by atoms with Crippen LogP contribution in [0.2, 0.25) is 0 Å². The number of carbonyl (C=O) groups is 1. The first-order chi connectivity index (χ1) is 12.6. The van der Waals surface area contributed by atoms with E-state index in [4.69, 9.17) is 15.1 Å². The zero-order valence-corrected chi connectivity index (χ0v) is 15.7. The molecule has 0 aliphatic carbocycles. The van der Waals surface area contributed by atoms with Gasteiger partial charge in [0, 0.05) is 5.92 Å². The van der Waals surface area contributed by atoms with Crippen LogP contribution in [0.25, 0.3) is 0 Å². The van der Waals surface area contributed by atoms with Gasteiger partial charge in [0.1, 0.15) is 11.4 Å². The van der Waals surface area contributed by atoms with Crippen molar-refractivity contribution in [3.63, 3.8) is 0 Å². The van der Waals surface area contributed by atoms with Gasteiger partial charge in [-0.1, -0.05) is 13.0 Å². The fourth-order valence-corrected chi connectivity index (χ4v) is 2.97. The fraction of sp³-hybridized carbons (Fsp3) is 0.389. The average Bonchev–Trinajstić information content (AvgIpc) is 2.97. The normalized spacial score (nSPS) is 14.8. The Morgan fingerprint density at radius 1 is 1.44 bits per heavy atom. The number of hydrogen-bond donors (Lipinski definition) is 3. The molecule has 9 heteroatoms. The Hall–Kier alpha value is -2.49. The molecule has 1 unspecified atom stereocenters. The number of primary amides is 1. The number of hydrogen-bond acceptors (Lipinski definition) is 7. The summed E-state index contributed by atoms with van der Waals surface area (Å²) in [5, 5.41) is 20.3. The van der Waals surface area contributed by atoms with Crippen LogP contribution in [0.5, 0.6) is 11.6 Å². The van der Waals surface area contributed by atoms with Gasteiger partial charge in [-0.3, -0.25) is 4.79 Å². The molecule has 0 saturated heterocycles. The predicted octanol–water partition coefficient (Wildman–Crippen LogP) is 0.768. The third-order valence-corrected chi connectivity index (χ3v) is 4.89. The number of nitrogens with zero attached hydrogens (tertiary/aromatic N) is 2. The van der Waals surface area contributed by atoms with Crippen LogP contribution in [0.4, 0.5) is 0 Å². The standard InChI is InChI=1S/C18H22BN3O5/c1-9-12(6-5-11-8-26-19(25)14(9)11)27-13-7-21-16(17(20)23)15(22-13)10(2)18(3,4)24/h5-7,10,24-25H,8H2,1-4H3,(H2,20,23). The van der Waals surface area contributed by atoms with Crippen molar-refractivity contribution in [2.45, 2.75) is 45.8 Å². The molecule has 1 aliphatic heterocycles. The molecule has 4 N–H and O–H groups in total. The molecule has 142 valence electrons. The minimum atomic E-state index is -1.14. The summed E-state index contributed by atoms with van der Waals surface area (Å²) in [6.07, 6.45) is 1.31. The second kappa shape index (κ2) is 6.92. The first-order valence-electron chi connectivity index (χ1n) is 8.58. The first-order valence-corrected chi connectivity index (χ1v) is 8.58. The lowest BCUT2D eigenvalue weighted by molar-refractivity contribution is 0.0538. The number of nitrogens with two attached hydrogens (primary N) is 1. The van der Waals surface area contributed by atoms with E-state index in [9.17, 15) is 14.9 Å². The molecular formula is C18H22BN3O5. The van der Waals surface area contributed by atoms with Crippen molar-refractivity contribution >= 4 is 18.5 Å². The molecule has 0 bridgehead atoms. The summed E-state index contributed by atoms with van der Waals surface area (Å²) in [5.41, 5.74) is 6.82. The zero-order valence-electron chi connectivity index (χ0n) is 15.7. The summed E-state index contributed by atoms with van der Waals surface area (Å²) in [4.78, 5) is 20.1. The van der Waals surface area contributed by atoms with E-state index in [1.807, 2.05) is 13.0 Å². The lowest BCUT2D eigenvalue weighted by atomic mass is 9.76. The van der Waals surface area contributed by atoms with Gasteiger partial charge >= 0.3 is 7.12 Å². The highest BCUT2D eigenvalue weighted by molar-refractivity contribution is 6.62. The molecule has 2 aromatic rings. The Balaban J connectivity index is 2.00. The maximum Gasteiger partial charge on any atom is 0.492 e. The van der Waals surface area contributed by atoms with Gasteiger partial charge in [-0.15, -0.1) is 0 Å². The van der Waals surface area contributed by atoms with Gasteiger partial charge in [-0.2, -0.15) is 0 Å². The van der Waals surface area contributed by atoms with E-state index in [0.717, 1.165) is 11.1 Å². The van der Waals surface area contributed by atoms with E-state index in [2.05, 4.69) is 9.97 Å². The first kappa shape index (κ1) is 19.3. The molecular weight excluding hydrogens is 349 g/mol. The third kappa shape index (κ3) is 3.66. The molecule has 1 aromatic carbocycles. The average molecular weight is 371 g/mol. The van der Waals surface area contributed by atoms with Crippen LogP contribution < -0.4 is 15.9 Å². The Morgan fingerprint density at radius 2 is 2.15 bits per heavy atom. The van der Waals surface area contributed by atoms with Crippen molar-refractivity contribution in [1.29, 1.82) is 0 Å². The van der Waals surface area contributed by atoms with Gasteiger partial charge < -0.3 is 25.3 Å². The number of aliphatic hydroxyl groups is 1. The van der Waals surface area contributed by atoms with Crippen molar-refractivity contribution in [3.8, 4) is 11.6 Å². The Bertz CT molecular complexity index is 897. The molecule has 0 fully saturated rings. The quantitative estimate of drug-likeness (QED) is 0.663. The number of fused-ring (bicyclic) bond motifs is 1. The maximum absolute atomic E-state index is 11.7. The highest BCUT2D eigenvalue weighted by Crippen LogP contribution is 2.31. The van der Waals surface area contributed by atoms with E-state index in [1.165, 1.54) is 6.20 Å². The number of rotatable bonds is 5. The highest BCUT2D eigenvalue weighted by Gasteiger charge is 2.32. The SMILES string of the molecule is Cc1c(Oc2cnc(C(N)=O)c(C(C)C(C)(C)O)n2)ccc2c1B(O)OC2. The maximum atomic E-state index is 11.7. The van der Waals surface area contributed by atoms with Gasteiger partial charge in [0.15, 0.2) is 0 Å². The number of benzene rings is 1. The molecule has 1 atom stereocenters.